The number of H-pyrrole nitrogens is 1. The molecule has 0 saturated carbocycles. The molecule has 2 aromatic heterocycles. The normalized spacial score (nSPS) is 10.7. The molecule has 0 fully saturated rings. The number of hydrogen-bond acceptors (Lipinski definition) is 4. The smallest absolute Gasteiger partial charge is 0.310 e. The number of halogens is 1. The quantitative estimate of drug-likeness (QED) is 0.809. The Labute approximate surface area is 116 Å². The summed E-state index contributed by atoms with van der Waals surface area (Å²) in [6.45, 7) is 1.97. The molecular weight excluding hydrogens is 318 g/mol. The summed E-state index contributed by atoms with van der Waals surface area (Å²) in [5, 5.41) is 5.27. The molecule has 0 aliphatic rings. The lowest BCUT2D eigenvalue weighted by atomic mass is 10.4. The number of nitrogens with zero attached hydrogens (tertiary/aromatic N) is 1. The molecule has 0 spiro atoms. The van der Waals surface area contributed by atoms with E-state index < -0.39 is 0 Å². The van der Waals surface area contributed by atoms with Crippen LogP contribution in [0.5, 0.6) is 0 Å². The predicted octanol–water partition coefficient (Wildman–Crippen LogP) is 1.15. The van der Waals surface area contributed by atoms with Crippen LogP contribution in [0.2, 0.25) is 0 Å². The molecule has 0 aliphatic heterocycles. The average Bonchev–Trinajstić information content (AvgIpc) is 2.73. The second-order valence-electron chi connectivity index (χ2n) is 3.71. The lowest BCUT2D eigenvalue weighted by Gasteiger charge is -2.05. The van der Waals surface area contributed by atoms with E-state index in [1.165, 1.54) is 21.7 Å². The monoisotopic (exact) mass is 329 g/mol. The zero-order valence-electron chi connectivity index (χ0n) is 9.48. The molecule has 2 heterocycles. The standard InChI is InChI=1S/C11H12BrN3O2S/c12-8-5-9(18-7-8)6-13-2-4-15-3-1-10(16)14-11(15)17/h1,3,5,7,13H,2,4,6H2,(H,14,16,17). The lowest BCUT2D eigenvalue weighted by molar-refractivity contribution is 0.576. The first-order valence-electron chi connectivity index (χ1n) is 5.38. The third-order valence-corrected chi connectivity index (χ3v) is 4.04. The van der Waals surface area contributed by atoms with E-state index in [1.54, 1.807) is 11.3 Å². The molecule has 96 valence electrons. The van der Waals surface area contributed by atoms with Crippen molar-refractivity contribution in [3.05, 3.63) is 53.9 Å². The van der Waals surface area contributed by atoms with Crippen LogP contribution in [0.3, 0.4) is 0 Å². The number of aromatic amines is 1. The van der Waals surface area contributed by atoms with Gasteiger partial charge in [-0.1, -0.05) is 0 Å². The summed E-state index contributed by atoms with van der Waals surface area (Å²) in [5.41, 5.74) is -0.740. The molecule has 0 saturated heterocycles. The Morgan fingerprint density at radius 2 is 2.28 bits per heavy atom. The summed E-state index contributed by atoms with van der Waals surface area (Å²) >= 11 is 5.07. The molecule has 7 heteroatoms. The molecule has 2 N–H and O–H groups in total. The molecule has 0 aliphatic carbocycles. The highest BCUT2D eigenvalue weighted by molar-refractivity contribution is 9.10. The lowest BCUT2D eigenvalue weighted by Crippen LogP contribution is -2.31. The van der Waals surface area contributed by atoms with Gasteiger partial charge in [0.25, 0.3) is 5.56 Å². The van der Waals surface area contributed by atoms with Crippen LogP contribution in [0, 0.1) is 0 Å². The molecule has 0 radical (unpaired) electrons. The first kappa shape index (κ1) is 13.3. The molecule has 2 aromatic rings. The van der Waals surface area contributed by atoms with E-state index >= 15 is 0 Å². The van der Waals surface area contributed by atoms with Gasteiger partial charge in [0.15, 0.2) is 0 Å². The zero-order valence-corrected chi connectivity index (χ0v) is 11.9. The highest BCUT2D eigenvalue weighted by Crippen LogP contribution is 2.19. The van der Waals surface area contributed by atoms with Crippen molar-refractivity contribution >= 4 is 27.3 Å². The number of hydrogen-bond donors (Lipinski definition) is 2. The Kier molecular flexibility index (Phi) is 4.51. The van der Waals surface area contributed by atoms with Gasteiger partial charge in [-0.25, -0.2) is 4.79 Å². The summed E-state index contributed by atoms with van der Waals surface area (Å²) in [6, 6.07) is 3.40. The van der Waals surface area contributed by atoms with Crippen LogP contribution >= 0.6 is 27.3 Å². The molecule has 0 aromatic carbocycles. The van der Waals surface area contributed by atoms with Gasteiger partial charge in [-0.05, 0) is 22.0 Å². The minimum Gasteiger partial charge on any atom is -0.310 e. The van der Waals surface area contributed by atoms with Crippen LogP contribution in [-0.2, 0) is 13.1 Å². The predicted molar refractivity (Wildman–Crippen MR) is 75.0 cm³/mol. The van der Waals surface area contributed by atoms with Gasteiger partial charge in [0.2, 0.25) is 0 Å². The van der Waals surface area contributed by atoms with Crippen LogP contribution in [0.25, 0.3) is 0 Å². The SMILES string of the molecule is O=c1ccn(CCNCc2cc(Br)cs2)c(=O)[nH]1. The molecule has 18 heavy (non-hydrogen) atoms. The van der Waals surface area contributed by atoms with Crippen LogP contribution in [0.1, 0.15) is 4.88 Å². The van der Waals surface area contributed by atoms with Crippen molar-refractivity contribution < 1.29 is 0 Å². The first-order valence-corrected chi connectivity index (χ1v) is 7.06. The van der Waals surface area contributed by atoms with Gasteiger partial charge < -0.3 is 5.32 Å². The summed E-state index contributed by atoms with van der Waals surface area (Å²) in [5.74, 6) is 0. The summed E-state index contributed by atoms with van der Waals surface area (Å²) in [6.07, 6.45) is 1.50. The molecule has 2 rings (SSSR count). The second kappa shape index (κ2) is 6.12. The largest absolute Gasteiger partial charge is 0.328 e. The van der Waals surface area contributed by atoms with Gasteiger partial charge in [-0.2, -0.15) is 0 Å². The zero-order chi connectivity index (χ0) is 13.0. The number of rotatable bonds is 5. The van der Waals surface area contributed by atoms with Gasteiger partial charge >= 0.3 is 5.69 Å². The van der Waals surface area contributed by atoms with Crippen molar-refractivity contribution in [3.8, 4) is 0 Å². The fourth-order valence-corrected chi connectivity index (χ4v) is 2.90. The van der Waals surface area contributed by atoms with E-state index in [1.807, 2.05) is 5.38 Å². The highest BCUT2D eigenvalue weighted by Gasteiger charge is 1.98. The molecule has 0 unspecified atom stereocenters. The van der Waals surface area contributed by atoms with E-state index in [4.69, 9.17) is 0 Å². The van der Waals surface area contributed by atoms with Gasteiger partial charge in [0.1, 0.15) is 0 Å². The summed E-state index contributed by atoms with van der Waals surface area (Å²) in [7, 11) is 0. The number of aromatic nitrogens is 2. The molecule has 0 atom stereocenters. The second-order valence-corrected chi connectivity index (χ2v) is 5.62. The van der Waals surface area contributed by atoms with Crippen LogP contribution in [-0.4, -0.2) is 16.1 Å². The van der Waals surface area contributed by atoms with Crippen LogP contribution < -0.4 is 16.6 Å². The third kappa shape index (κ3) is 3.66. The van der Waals surface area contributed by atoms with Gasteiger partial charge in [-0.3, -0.25) is 14.3 Å². The minimum atomic E-state index is -0.372. The summed E-state index contributed by atoms with van der Waals surface area (Å²) in [4.78, 5) is 25.7. The Morgan fingerprint density at radius 1 is 1.44 bits per heavy atom. The minimum absolute atomic E-state index is 0.368. The Bertz CT molecular complexity index is 631. The van der Waals surface area contributed by atoms with E-state index in [-0.39, 0.29) is 11.2 Å². The molecule has 0 bridgehead atoms. The fraction of sp³-hybridized carbons (Fsp3) is 0.273. The van der Waals surface area contributed by atoms with Crippen LogP contribution in [0.4, 0.5) is 0 Å². The van der Waals surface area contributed by atoms with Gasteiger partial charge in [0, 0.05) is 46.6 Å². The van der Waals surface area contributed by atoms with Crippen molar-refractivity contribution in [1.29, 1.82) is 0 Å². The van der Waals surface area contributed by atoms with E-state index in [0.29, 0.717) is 13.1 Å². The Morgan fingerprint density at radius 3 is 2.94 bits per heavy atom. The van der Waals surface area contributed by atoms with Crippen LogP contribution in [0.15, 0.2) is 37.8 Å². The Hall–Kier alpha value is -1.18. The average molecular weight is 330 g/mol. The van der Waals surface area contributed by atoms with E-state index in [0.717, 1.165) is 11.0 Å². The van der Waals surface area contributed by atoms with Crippen molar-refractivity contribution in [2.24, 2.45) is 0 Å². The first-order chi connectivity index (χ1) is 8.65. The van der Waals surface area contributed by atoms with Gasteiger partial charge in [-0.15, -0.1) is 11.3 Å². The third-order valence-electron chi connectivity index (χ3n) is 2.35. The number of nitrogens with one attached hydrogen (secondary N) is 2. The van der Waals surface area contributed by atoms with Crippen molar-refractivity contribution in [1.82, 2.24) is 14.9 Å². The fourth-order valence-electron chi connectivity index (χ4n) is 1.48. The van der Waals surface area contributed by atoms with E-state index in [9.17, 15) is 9.59 Å². The maximum atomic E-state index is 11.4. The maximum absolute atomic E-state index is 11.4. The number of thiophene rings is 1. The topological polar surface area (TPSA) is 66.9 Å². The molecule has 0 amide bonds. The molecule has 5 nitrogen and oxygen atoms in total. The van der Waals surface area contributed by atoms with E-state index in [2.05, 4.69) is 32.3 Å². The van der Waals surface area contributed by atoms with Crippen molar-refractivity contribution in [2.45, 2.75) is 13.1 Å². The van der Waals surface area contributed by atoms with Crippen molar-refractivity contribution in [2.75, 3.05) is 6.54 Å². The Balaban J connectivity index is 1.82. The van der Waals surface area contributed by atoms with Crippen molar-refractivity contribution in [3.63, 3.8) is 0 Å². The maximum Gasteiger partial charge on any atom is 0.328 e. The summed E-state index contributed by atoms with van der Waals surface area (Å²) < 4.78 is 2.56. The highest BCUT2D eigenvalue weighted by atomic mass is 79.9. The van der Waals surface area contributed by atoms with Gasteiger partial charge in [0.05, 0.1) is 0 Å². The molecular formula is C11H12BrN3O2S.